The third-order valence-electron chi connectivity index (χ3n) is 3.45. The Balaban J connectivity index is 2.06. The summed E-state index contributed by atoms with van der Waals surface area (Å²) in [5.41, 5.74) is 0.871. The van der Waals surface area contributed by atoms with Crippen LogP contribution in [0.4, 0.5) is 0 Å². The van der Waals surface area contributed by atoms with E-state index in [1.807, 2.05) is 16.7 Å². The van der Waals surface area contributed by atoms with Crippen molar-refractivity contribution in [3.63, 3.8) is 0 Å². The summed E-state index contributed by atoms with van der Waals surface area (Å²) in [6, 6.07) is 3.51. The van der Waals surface area contributed by atoms with Gasteiger partial charge in [-0.05, 0) is 37.2 Å². The summed E-state index contributed by atoms with van der Waals surface area (Å²) in [6.45, 7) is 0. The molecule has 1 aliphatic rings. The van der Waals surface area contributed by atoms with Gasteiger partial charge in [-0.15, -0.1) is 0 Å². The molecule has 6 nitrogen and oxygen atoms in total. The number of hydrogen-bond acceptors (Lipinski definition) is 5. The molecule has 0 aliphatic carbocycles. The summed E-state index contributed by atoms with van der Waals surface area (Å²) < 4.78 is 25.9. The van der Waals surface area contributed by atoms with E-state index in [0.717, 1.165) is 12.0 Å². The molecule has 0 radical (unpaired) electrons. The highest BCUT2D eigenvalue weighted by Gasteiger charge is 2.28. The van der Waals surface area contributed by atoms with Crippen molar-refractivity contribution in [3.8, 4) is 11.4 Å². The number of rotatable bonds is 2. The smallest absolute Gasteiger partial charge is 0.195 e. The van der Waals surface area contributed by atoms with Crippen molar-refractivity contribution in [2.24, 2.45) is 0 Å². The van der Waals surface area contributed by atoms with Gasteiger partial charge >= 0.3 is 0 Å². The molecule has 1 fully saturated rings. The largest absolute Gasteiger partial charge is 0.296 e. The second kappa shape index (κ2) is 5.10. The van der Waals surface area contributed by atoms with E-state index in [-0.39, 0.29) is 17.5 Å². The number of hydrogen-bond donors (Lipinski definition) is 1. The first-order valence-corrected chi connectivity index (χ1v) is 8.57. The lowest BCUT2D eigenvalue weighted by Crippen LogP contribution is -2.28. The molecule has 3 heterocycles. The van der Waals surface area contributed by atoms with Crippen LogP contribution in [0.2, 0.25) is 0 Å². The van der Waals surface area contributed by atoms with Gasteiger partial charge in [0.2, 0.25) is 0 Å². The van der Waals surface area contributed by atoms with E-state index >= 15 is 0 Å². The zero-order valence-electron chi connectivity index (χ0n) is 10.7. The molecule has 2 aromatic rings. The molecule has 1 atom stereocenters. The molecule has 20 heavy (non-hydrogen) atoms. The number of sulfone groups is 1. The van der Waals surface area contributed by atoms with E-state index in [1.165, 1.54) is 0 Å². The molecule has 8 heteroatoms. The standard InChI is InChI=1S/C12H14N4O2S2/c17-20(18)7-1-2-10(8-20)16-11(14-15-12(16)19)9-3-5-13-6-4-9/h3-6,10H,1-2,7-8H2,(H,15,19). The van der Waals surface area contributed by atoms with Crippen LogP contribution in [0.1, 0.15) is 18.9 Å². The predicted octanol–water partition coefficient (Wildman–Crippen LogP) is 1.75. The molecule has 0 bridgehead atoms. The Hall–Kier alpha value is -1.54. The molecule has 106 valence electrons. The molecule has 1 unspecified atom stereocenters. The van der Waals surface area contributed by atoms with Crippen LogP contribution in [-0.2, 0) is 9.84 Å². The van der Waals surface area contributed by atoms with E-state index in [4.69, 9.17) is 12.2 Å². The van der Waals surface area contributed by atoms with E-state index in [2.05, 4.69) is 15.2 Å². The van der Waals surface area contributed by atoms with Crippen molar-refractivity contribution in [2.45, 2.75) is 18.9 Å². The molecule has 0 amide bonds. The maximum Gasteiger partial charge on any atom is 0.195 e. The first-order valence-electron chi connectivity index (χ1n) is 6.34. The van der Waals surface area contributed by atoms with Crippen molar-refractivity contribution in [1.82, 2.24) is 19.7 Å². The highest BCUT2D eigenvalue weighted by atomic mass is 32.2. The van der Waals surface area contributed by atoms with Gasteiger partial charge < -0.3 is 0 Å². The molecule has 0 saturated carbocycles. The Bertz CT molecular complexity index is 764. The zero-order chi connectivity index (χ0) is 14.2. The van der Waals surface area contributed by atoms with Crippen LogP contribution in [0.5, 0.6) is 0 Å². The summed E-state index contributed by atoms with van der Waals surface area (Å²) in [5.74, 6) is 1.05. The Morgan fingerprint density at radius 1 is 1.35 bits per heavy atom. The number of H-pyrrole nitrogens is 1. The van der Waals surface area contributed by atoms with Crippen molar-refractivity contribution < 1.29 is 8.42 Å². The topological polar surface area (TPSA) is 80.6 Å². The van der Waals surface area contributed by atoms with Crippen molar-refractivity contribution in [2.75, 3.05) is 11.5 Å². The lowest BCUT2D eigenvalue weighted by Gasteiger charge is -2.24. The molecular weight excluding hydrogens is 296 g/mol. The number of nitrogens with zero attached hydrogens (tertiary/aromatic N) is 3. The first kappa shape index (κ1) is 13.4. The Morgan fingerprint density at radius 2 is 2.10 bits per heavy atom. The predicted molar refractivity (Wildman–Crippen MR) is 77.6 cm³/mol. The van der Waals surface area contributed by atoms with Crippen LogP contribution >= 0.6 is 12.2 Å². The van der Waals surface area contributed by atoms with Crippen LogP contribution in [0.25, 0.3) is 11.4 Å². The molecule has 3 rings (SSSR count). The molecule has 1 aliphatic heterocycles. The normalized spacial score (nSPS) is 21.7. The molecule has 1 saturated heterocycles. The second-order valence-electron chi connectivity index (χ2n) is 4.87. The number of aromatic amines is 1. The fourth-order valence-electron chi connectivity index (χ4n) is 2.55. The second-order valence-corrected chi connectivity index (χ2v) is 7.48. The molecule has 0 aromatic carbocycles. The summed E-state index contributed by atoms with van der Waals surface area (Å²) >= 11 is 5.26. The van der Waals surface area contributed by atoms with Gasteiger partial charge in [-0.3, -0.25) is 14.6 Å². The van der Waals surface area contributed by atoms with Gasteiger partial charge in [0.1, 0.15) is 0 Å². The minimum absolute atomic E-state index is 0.124. The summed E-state index contributed by atoms with van der Waals surface area (Å²) in [4.78, 5) is 3.97. The van der Waals surface area contributed by atoms with Crippen molar-refractivity contribution >= 4 is 22.1 Å². The minimum atomic E-state index is -2.99. The van der Waals surface area contributed by atoms with Gasteiger partial charge in [0.25, 0.3) is 0 Å². The summed E-state index contributed by atoms with van der Waals surface area (Å²) in [7, 11) is -2.99. The third kappa shape index (κ3) is 2.53. The van der Waals surface area contributed by atoms with Crippen molar-refractivity contribution in [1.29, 1.82) is 0 Å². The number of pyridine rings is 1. The van der Waals surface area contributed by atoms with Gasteiger partial charge in [-0.1, -0.05) is 0 Å². The van der Waals surface area contributed by atoms with Crippen LogP contribution < -0.4 is 0 Å². The highest BCUT2D eigenvalue weighted by molar-refractivity contribution is 7.91. The SMILES string of the molecule is O=S1(=O)CCCC(n2c(-c3ccncc3)n[nH]c2=S)C1. The van der Waals surface area contributed by atoms with Gasteiger partial charge in [0.05, 0.1) is 17.5 Å². The Kier molecular flexibility index (Phi) is 3.43. The van der Waals surface area contributed by atoms with Gasteiger partial charge in [0.15, 0.2) is 20.4 Å². The lowest BCUT2D eigenvalue weighted by atomic mass is 10.1. The molecule has 2 aromatic heterocycles. The average molecular weight is 310 g/mol. The van der Waals surface area contributed by atoms with Crippen LogP contribution in [0, 0.1) is 4.77 Å². The minimum Gasteiger partial charge on any atom is -0.296 e. The van der Waals surface area contributed by atoms with Crippen LogP contribution in [0.15, 0.2) is 24.5 Å². The quantitative estimate of drug-likeness (QED) is 0.855. The summed E-state index contributed by atoms with van der Waals surface area (Å²) in [5, 5.41) is 6.99. The fourth-order valence-corrected chi connectivity index (χ4v) is 4.51. The maximum absolute atomic E-state index is 11.8. The number of aromatic nitrogens is 4. The van der Waals surface area contributed by atoms with Crippen LogP contribution in [-0.4, -0.2) is 39.7 Å². The monoisotopic (exact) mass is 310 g/mol. The van der Waals surface area contributed by atoms with E-state index < -0.39 is 9.84 Å². The van der Waals surface area contributed by atoms with E-state index in [9.17, 15) is 8.42 Å². The van der Waals surface area contributed by atoms with Gasteiger partial charge in [-0.25, -0.2) is 8.42 Å². The maximum atomic E-state index is 11.8. The zero-order valence-corrected chi connectivity index (χ0v) is 12.3. The van der Waals surface area contributed by atoms with E-state index in [0.29, 0.717) is 17.0 Å². The van der Waals surface area contributed by atoms with Crippen molar-refractivity contribution in [3.05, 3.63) is 29.3 Å². The number of nitrogens with one attached hydrogen (secondary N) is 1. The third-order valence-corrected chi connectivity index (χ3v) is 5.54. The molecule has 1 N–H and O–H groups in total. The van der Waals surface area contributed by atoms with Crippen LogP contribution in [0.3, 0.4) is 0 Å². The summed E-state index contributed by atoms with van der Waals surface area (Å²) in [6.07, 6.45) is 4.81. The lowest BCUT2D eigenvalue weighted by molar-refractivity contribution is 0.469. The molecular formula is C12H14N4O2S2. The first-order chi connectivity index (χ1) is 9.57. The fraction of sp³-hybridized carbons (Fsp3) is 0.417. The molecule has 0 spiro atoms. The Morgan fingerprint density at radius 3 is 2.80 bits per heavy atom. The highest BCUT2D eigenvalue weighted by Crippen LogP contribution is 2.28. The van der Waals surface area contributed by atoms with E-state index in [1.54, 1.807) is 12.4 Å². The average Bonchev–Trinajstić information content (AvgIpc) is 2.80. The Labute approximate surface area is 121 Å². The van der Waals surface area contributed by atoms with Gasteiger partial charge in [0, 0.05) is 18.0 Å². The van der Waals surface area contributed by atoms with Gasteiger partial charge in [-0.2, -0.15) is 5.10 Å².